The number of aliphatic hydroxyl groups is 3. The van der Waals surface area contributed by atoms with Crippen molar-refractivity contribution in [2.24, 2.45) is 11.8 Å². The second-order valence-corrected chi connectivity index (χ2v) is 8.10. The van der Waals surface area contributed by atoms with Crippen molar-refractivity contribution in [1.82, 2.24) is 0 Å². The van der Waals surface area contributed by atoms with Crippen LogP contribution in [0.25, 0.3) is 0 Å². The molecule has 2 fully saturated rings. The normalized spacial score (nSPS) is 32.2. The van der Waals surface area contributed by atoms with Gasteiger partial charge in [0.25, 0.3) is 0 Å². The lowest BCUT2D eigenvalue weighted by Crippen LogP contribution is -2.31. The summed E-state index contributed by atoms with van der Waals surface area (Å²) in [6, 6.07) is 0. The van der Waals surface area contributed by atoms with Crippen LogP contribution in [0.4, 0.5) is 0 Å². The largest absolute Gasteiger partial charge is 0.396 e. The van der Waals surface area contributed by atoms with E-state index in [1.807, 2.05) is 0 Å². The summed E-state index contributed by atoms with van der Waals surface area (Å²) in [4.78, 5) is 0. The summed E-state index contributed by atoms with van der Waals surface area (Å²) in [5.41, 5.74) is 0. The maximum atomic E-state index is 10.6. The van der Waals surface area contributed by atoms with Gasteiger partial charge in [0.1, 0.15) is 0 Å². The zero-order chi connectivity index (χ0) is 18.6. The van der Waals surface area contributed by atoms with Gasteiger partial charge in [0.05, 0.1) is 12.2 Å². The maximum Gasteiger partial charge on any atom is 0.157 e. The van der Waals surface area contributed by atoms with Crippen molar-refractivity contribution in [3.05, 3.63) is 0 Å². The minimum Gasteiger partial charge on any atom is -0.396 e. The Balaban J connectivity index is 1.77. The van der Waals surface area contributed by atoms with Crippen molar-refractivity contribution in [2.45, 2.75) is 102 Å². The van der Waals surface area contributed by atoms with Crippen LogP contribution < -0.4 is 0 Å². The summed E-state index contributed by atoms with van der Waals surface area (Å²) in [5, 5.41) is 28.7. The molecule has 2 aliphatic rings. The topological polar surface area (TPSA) is 79.2 Å². The zero-order valence-electron chi connectivity index (χ0n) is 16.4. The highest BCUT2D eigenvalue weighted by molar-refractivity contribution is 4.92. The highest BCUT2D eigenvalue weighted by Gasteiger charge is 2.43. The van der Waals surface area contributed by atoms with Gasteiger partial charge in [0.15, 0.2) is 6.29 Å². The van der Waals surface area contributed by atoms with Gasteiger partial charge in [-0.15, -0.1) is 0 Å². The molecule has 0 amide bonds. The van der Waals surface area contributed by atoms with Gasteiger partial charge in [0, 0.05) is 26.2 Å². The average molecular weight is 373 g/mol. The van der Waals surface area contributed by atoms with E-state index in [0.717, 1.165) is 64.4 Å². The van der Waals surface area contributed by atoms with Crippen molar-refractivity contribution in [3.8, 4) is 0 Å². The lowest BCUT2D eigenvalue weighted by molar-refractivity contribution is -0.196. The fourth-order valence-electron chi connectivity index (χ4n) is 4.65. The lowest BCUT2D eigenvalue weighted by Gasteiger charge is -2.30. The number of hydrogen-bond acceptors (Lipinski definition) is 5. The third-order valence-electron chi connectivity index (χ3n) is 6.10. The molecular formula is C21H40O5. The Morgan fingerprint density at radius 1 is 0.808 bits per heavy atom. The Morgan fingerprint density at radius 3 is 2.19 bits per heavy atom. The van der Waals surface area contributed by atoms with Gasteiger partial charge in [-0.1, -0.05) is 32.1 Å². The molecule has 26 heavy (non-hydrogen) atoms. The predicted octanol–water partition coefficient (Wildman–Crippen LogP) is 3.39. The molecule has 5 nitrogen and oxygen atoms in total. The van der Waals surface area contributed by atoms with Gasteiger partial charge >= 0.3 is 0 Å². The van der Waals surface area contributed by atoms with Crippen molar-refractivity contribution in [2.75, 3.05) is 19.8 Å². The van der Waals surface area contributed by atoms with Crippen molar-refractivity contribution in [3.63, 3.8) is 0 Å². The number of hydrogen-bond donors (Lipinski definition) is 3. The molecule has 0 spiro atoms. The summed E-state index contributed by atoms with van der Waals surface area (Å²) in [7, 11) is 0. The highest BCUT2D eigenvalue weighted by atomic mass is 16.7. The summed E-state index contributed by atoms with van der Waals surface area (Å²) in [5.74, 6) is 0.615. The van der Waals surface area contributed by atoms with Crippen LogP contribution in [0.5, 0.6) is 0 Å². The van der Waals surface area contributed by atoms with Gasteiger partial charge in [-0.25, -0.2) is 0 Å². The number of aliphatic hydroxyl groups excluding tert-OH is 3. The molecule has 5 atom stereocenters. The van der Waals surface area contributed by atoms with Crippen LogP contribution in [0.3, 0.4) is 0 Å². The van der Waals surface area contributed by atoms with E-state index < -0.39 is 0 Å². The summed E-state index contributed by atoms with van der Waals surface area (Å²) in [6.07, 6.45) is 13.1. The van der Waals surface area contributed by atoms with E-state index in [4.69, 9.17) is 14.6 Å². The van der Waals surface area contributed by atoms with E-state index in [1.54, 1.807) is 0 Å². The fourth-order valence-corrected chi connectivity index (χ4v) is 4.65. The quantitative estimate of drug-likeness (QED) is 0.432. The highest BCUT2D eigenvalue weighted by Crippen LogP contribution is 2.41. The van der Waals surface area contributed by atoms with Crippen LogP contribution in [-0.4, -0.2) is 53.6 Å². The lowest BCUT2D eigenvalue weighted by atomic mass is 9.85. The smallest absolute Gasteiger partial charge is 0.157 e. The third-order valence-corrected chi connectivity index (χ3v) is 6.10. The summed E-state index contributed by atoms with van der Waals surface area (Å²) in [6.45, 7) is 1.28. The van der Waals surface area contributed by atoms with Gasteiger partial charge in [-0.05, 0) is 56.8 Å². The minimum absolute atomic E-state index is 0.0641. The predicted molar refractivity (Wildman–Crippen MR) is 102 cm³/mol. The molecule has 0 aromatic rings. The second kappa shape index (κ2) is 13.1. The Kier molecular flexibility index (Phi) is 11.1. The molecule has 1 saturated carbocycles. The molecular weight excluding hydrogens is 332 g/mol. The van der Waals surface area contributed by atoms with Crippen molar-refractivity contribution >= 4 is 0 Å². The number of rotatable bonds is 13. The van der Waals surface area contributed by atoms with E-state index >= 15 is 0 Å². The molecule has 1 aliphatic carbocycles. The Morgan fingerprint density at radius 2 is 1.50 bits per heavy atom. The standard InChI is InChI=1S/C21H40O5/c22-13-7-4-2-1-3-5-10-17-18(11-9-14-23)20(16-19(17)24)26-21-12-6-8-15-25-21/h17-24H,1-16H2/t17-,18-,19-,20+,21?/m1/s1. The molecule has 1 unspecified atom stereocenters. The molecule has 0 aromatic carbocycles. The first-order valence-electron chi connectivity index (χ1n) is 10.9. The van der Waals surface area contributed by atoms with E-state index in [-0.39, 0.29) is 31.0 Å². The maximum absolute atomic E-state index is 10.6. The molecule has 0 bridgehead atoms. The SMILES string of the molecule is OCCCCCCCC[C@@H]1[C@@H](CCCO)[C@@H](OC2CCCCO2)C[C@H]1O. The minimum atomic E-state index is -0.290. The van der Waals surface area contributed by atoms with Crippen molar-refractivity contribution < 1.29 is 24.8 Å². The molecule has 154 valence electrons. The third kappa shape index (κ3) is 7.43. The van der Waals surface area contributed by atoms with E-state index in [0.29, 0.717) is 18.9 Å². The number of ether oxygens (including phenoxy) is 2. The molecule has 0 radical (unpaired) electrons. The zero-order valence-corrected chi connectivity index (χ0v) is 16.4. The summed E-state index contributed by atoms with van der Waals surface area (Å²) < 4.78 is 12.0. The van der Waals surface area contributed by atoms with E-state index in [1.165, 1.54) is 19.3 Å². The molecule has 2 rings (SSSR count). The first-order valence-corrected chi connectivity index (χ1v) is 10.9. The van der Waals surface area contributed by atoms with Crippen LogP contribution in [0, 0.1) is 11.8 Å². The fraction of sp³-hybridized carbons (Fsp3) is 1.00. The molecule has 5 heteroatoms. The Hall–Kier alpha value is -0.200. The number of unbranched alkanes of at least 4 members (excludes halogenated alkanes) is 5. The van der Waals surface area contributed by atoms with Gasteiger partial charge < -0.3 is 24.8 Å². The van der Waals surface area contributed by atoms with Crippen LogP contribution in [-0.2, 0) is 9.47 Å². The van der Waals surface area contributed by atoms with Crippen LogP contribution in [0.2, 0.25) is 0 Å². The van der Waals surface area contributed by atoms with Crippen LogP contribution in [0.15, 0.2) is 0 Å². The van der Waals surface area contributed by atoms with Gasteiger partial charge in [-0.2, -0.15) is 0 Å². The summed E-state index contributed by atoms with van der Waals surface area (Å²) >= 11 is 0. The Labute approximate surface area is 159 Å². The van der Waals surface area contributed by atoms with Crippen molar-refractivity contribution in [1.29, 1.82) is 0 Å². The molecule has 0 aromatic heterocycles. The first-order chi connectivity index (χ1) is 12.8. The monoisotopic (exact) mass is 372 g/mol. The Bertz CT molecular complexity index is 345. The molecule has 3 N–H and O–H groups in total. The molecule has 1 aliphatic heterocycles. The second-order valence-electron chi connectivity index (χ2n) is 8.10. The molecule has 1 saturated heterocycles. The van der Waals surface area contributed by atoms with E-state index in [2.05, 4.69) is 0 Å². The first kappa shape index (κ1) is 22.1. The van der Waals surface area contributed by atoms with Gasteiger partial charge in [-0.3, -0.25) is 0 Å². The van der Waals surface area contributed by atoms with Crippen LogP contribution >= 0.6 is 0 Å². The van der Waals surface area contributed by atoms with E-state index in [9.17, 15) is 10.2 Å². The van der Waals surface area contributed by atoms with Crippen LogP contribution in [0.1, 0.15) is 83.5 Å². The average Bonchev–Trinajstić information content (AvgIpc) is 2.94. The molecule has 1 heterocycles. The van der Waals surface area contributed by atoms with Gasteiger partial charge in [0.2, 0.25) is 0 Å².